The molecule has 13 nitrogen and oxygen atoms in total. The lowest BCUT2D eigenvalue weighted by molar-refractivity contribution is 0.0302. The zero-order valence-corrected chi connectivity index (χ0v) is 27.8. The molecule has 1 aliphatic rings. The molecule has 2 heterocycles. The van der Waals surface area contributed by atoms with Crippen LogP contribution in [0.1, 0.15) is 10.4 Å². The van der Waals surface area contributed by atoms with Crippen molar-refractivity contribution in [2.24, 2.45) is 0 Å². The maximum Gasteiger partial charge on any atom is 0.412 e. The minimum Gasteiger partial charge on any atom is -0.493 e. The van der Waals surface area contributed by atoms with Crippen LogP contribution in [0, 0.1) is 0 Å². The largest absolute Gasteiger partial charge is 0.493 e. The third-order valence-electron chi connectivity index (χ3n) is 6.96. The average Bonchev–Trinajstić information content (AvgIpc) is 3.11. The van der Waals surface area contributed by atoms with Gasteiger partial charge in [0.1, 0.15) is 19.0 Å². The molecule has 0 bridgehead atoms. The zero-order valence-electron chi connectivity index (χ0n) is 26.2. The molecule has 0 aliphatic carbocycles. The molecular weight excluding hydrogens is 661 g/mol. The SMILES string of the molecule is COc1ccccc1Oc1c(NS(=O)(=O)c2ccc(SC)cc2)cc(C(=O)N2CCOCC2)cc1OCCOC(=O)Nc1ccccn1. The van der Waals surface area contributed by atoms with E-state index in [1.54, 1.807) is 59.5 Å². The van der Waals surface area contributed by atoms with Gasteiger partial charge in [0.15, 0.2) is 23.0 Å². The topological polar surface area (TPSA) is 155 Å². The Balaban J connectivity index is 1.50. The fraction of sp³-hybridized carbons (Fsp3) is 0.242. The van der Waals surface area contributed by atoms with E-state index < -0.39 is 16.1 Å². The maximum atomic E-state index is 13.7. The van der Waals surface area contributed by atoms with Crippen molar-refractivity contribution in [1.29, 1.82) is 0 Å². The number of benzene rings is 3. The molecule has 48 heavy (non-hydrogen) atoms. The van der Waals surface area contributed by atoms with E-state index >= 15 is 0 Å². The summed E-state index contributed by atoms with van der Waals surface area (Å²) in [6.45, 7) is 1.08. The fourth-order valence-electron chi connectivity index (χ4n) is 4.60. The second-order valence-corrected chi connectivity index (χ2v) is 12.7. The molecule has 252 valence electrons. The van der Waals surface area contributed by atoms with Crippen LogP contribution in [0.15, 0.2) is 94.9 Å². The van der Waals surface area contributed by atoms with Gasteiger partial charge in [-0.1, -0.05) is 18.2 Å². The Labute approximate surface area is 282 Å². The first-order chi connectivity index (χ1) is 23.3. The van der Waals surface area contributed by atoms with Crippen LogP contribution in [0.3, 0.4) is 0 Å². The minimum atomic E-state index is -4.17. The number of morpholine rings is 1. The van der Waals surface area contributed by atoms with E-state index in [0.29, 0.717) is 37.9 Å². The van der Waals surface area contributed by atoms with Crippen LogP contribution < -0.4 is 24.2 Å². The lowest BCUT2D eigenvalue weighted by Gasteiger charge is -2.27. The number of hydrogen-bond acceptors (Lipinski definition) is 11. The number of hydrogen-bond donors (Lipinski definition) is 2. The molecule has 0 unspecified atom stereocenters. The second kappa shape index (κ2) is 16.2. The van der Waals surface area contributed by atoms with Gasteiger partial charge in [-0.2, -0.15) is 0 Å². The van der Waals surface area contributed by atoms with Crippen molar-refractivity contribution in [2.75, 3.05) is 62.9 Å². The summed E-state index contributed by atoms with van der Waals surface area (Å²) in [5.41, 5.74) is 0.0845. The zero-order chi connectivity index (χ0) is 33.9. The first kappa shape index (κ1) is 34.3. The third-order valence-corrected chi connectivity index (χ3v) is 9.09. The molecule has 4 aromatic rings. The van der Waals surface area contributed by atoms with Crippen molar-refractivity contribution < 1.29 is 41.7 Å². The van der Waals surface area contributed by atoms with Crippen LogP contribution in [-0.2, 0) is 19.5 Å². The van der Waals surface area contributed by atoms with Crippen LogP contribution in [0.4, 0.5) is 16.3 Å². The molecule has 0 atom stereocenters. The number of carbonyl (C=O) groups excluding carboxylic acids is 2. The summed E-state index contributed by atoms with van der Waals surface area (Å²) in [6.07, 6.45) is 2.66. The molecule has 0 saturated carbocycles. The number of sulfonamides is 1. The summed E-state index contributed by atoms with van der Waals surface area (Å²) in [7, 11) is -2.70. The van der Waals surface area contributed by atoms with E-state index in [1.807, 2.05) is 6.26 Å². The number of rotatable bonds is 13. The third kappa shape index (κ3) is 8.87. The Morgan fingerprint density at radius 2 is 1.67 bits per heavy atom. The molecule has 1 aliphatic heterocycles. The number of methoxy groups -OCH3 is 1. The predicted octanol–water partition coefficient (Wildman–Crippen LogP) is 5.51. The normalized spacial score (nSPS) is 12.9. The number of ether oxygens (including phenoxy) is 5. The van der Waals surface area contributed by atoms with Crippen molar-refractivity contribution in [2.45, 2.75) is 9.79 Å². The first-order valence-electron chi connectivity index (χ1n) is 14.8. The molecular formula is C33H34N4O9S2. The molecule has 3 aromatic carbocycles. The van der Waals surface area contributed by atoms with Gasteiger partial charge in [0, 0.05) is 29.7 Å². The Hall–Kier alpha value is -4.99. The number of para-hydroxylation sites is 2. The van der Waals surface area contributed by atoms with E-state index in [0.717, 1.165) is 4.90 Å². The summed E-state index contributed by atoms with van der Waals surface area (Å²) < 4.78 is 58.4. The molecule has 0 spiro atoms. The highest BCUT2D eigenvalue weighted by molar-refractivity contribution is 7.98. The van der Waals surface area contributed by atoms with Crippen molar-refractivity contribution in [3.63, 3.8) is 0 Å². The van der Waals surface area contributed by atoms with Crippen molar-refractivity contribution in [1.82, 2.24) is 9.88 Å². The second-order valence-electron chi connectivity index (χ2n) is 10.1. The first-order valence-corrected chi connectivity index (χ1v) is 17.5. The van der Waals surface area contributed by atoms with E-state index in [4.69, 9.17) is 23.7 Å². The van der Waals surface area contributed by atoms with Crippen LogP contribution >= 0.6 is 11.8 Å². The molecule has 2 amide bonds. The molecule has 5 rings (SSSR count). The highest BCUT2D eigenvalue weighted by atomic mass is 32.2. The summed E-state index contributed by atoms with van der Waals surface area (Å²) >= 11 is 1.48. The predicted molar refractivity (Wildman–Crippen MR) is 180 cm³/mol. The number of amides is 2. The van der Waals surface area contributed by atoms with Crippen molar-refractivity contribution in [3.05, 3.63) is 90.6 Å². The number of nitrogens with zero attached hydrogens (tertiary/aromatic N) is 2. The van der Waals surface area contributed by atoms with Gasteiger partial charge in [0.25, 0.3) is 15.9 Å². The molecule has 2 N–H and O–H groups in total. The summed E-state index contributed by atoms with van der Waals surface area (Å²) in [6, 6.07) is 21.1. The molecule has 15 heteroatoms. The summed E-state index contributed by atoms with van der Waals surface area (Å²) in [4.78, 5) is 32.5. The van der Waals surface area contributed by atoms with Crippen LogP contribution in [0.5, 0.6) is 23.0 Å². The summed E-state index contributed by atoms with van der Waals surface area (Å²) in [5, 5.41) is 2.51. The van der Waals surface area contributed by atoms with E-state index in [9.17, 15) is 18.0 Å². The van der Waals surface area contributed by atoms with Crippen molar-refractivity contribution >= 4 is 45.3 Å². The van der Waals surface area contributed by atoms with Gasteiger partial charge in [-0.05, 0) is 66.9 Å². The quantitative estimate of drug-likeness (QED) is 0.135. The Morgan fingerprint density at radius 3 is 2.35 bits per heavy atom. The van der Waals surface area contributed by atoms with Gasteiger partial charge in [0.05, 0.1) is 30.9 Å². The van der Waals surface area contributed by atoms with Gasteiger partial charge < -0.3 is 28.6 Å². The Kier molecular flexibility index (Phi) is 11.6. The number of anilines is 2. The Morgan fingerprint density at radius 1 is 0.938 bits per heavy atom. The minimum absolute atomic E-state index is 0.00300. The molecule has 1 aromatic heterocycles. The van der Waals surface area contributed by atoms with E-state index in [-0.39, 0.29) is 52.5 Å². The fourth-order valence-corrected chi connectivity index (χ4v) is 6.06. The molecule has 1 fully saturated rings. The van der Waals surface area contributed by atoms with Gasteiger partial charge in [-0.25, -0.2) is 18.2 Å². The van der Waals surface area contributed by atoms with Crippen LogP contribution in [0.25, 0.3) is 0 Å². The number of pyridine rings is 1. The van der Waals surface area contributed by atoms with E-state index in [1.165, 1.54) is 49.3 Å². The van der Waals surface area contributed by atoms with Gasteiger partial charge in [-0.15, -0.1) is 11.8 Å². The van der Waals surface area contributed by atoms with Gasteiger partial charge in [-0.3, -0.25) is 14.8 Å². The van der Waals surface area contributed by atoms with Crippen LogP contribution in [0.2, 0.25) is 0 Å². The summed E-state index contributed by atoms with van der Waals surface area (Å²) in [5.74, 6) is 0.554. The highest BCUT2D eigenvalue weighted by Gasteiger charge is 2.26. The average molecular weight is 695 g/mol. The lowest BCUT2D eigenvalue weighted by atomic mass is 10.1. The molecule has 0 radical (unpaired) electrons. The number of carbonyl (C=O) groups is 2. The smallest absolute Gasteiger partial charge is 0.412 e. The number of aromatic nitrogens is 1. The lowest BCUT2D eigenvalue weighted by Crippen LogP contribution is -2.40. The Bertz CT molecular complexity index is 1820. The molecule has 1 saturated heterocycles. The standard InChI is InChI=1S/C33H34N4O9S2/c1-42-27-7-3-4-8-28(27)46-31-26(36-48(40,41)25-12-10-24(47-2)11-13-25)21-23(32(38)37-15-17-43-18-16-37)22-29(31)44-19-20-45-33(39)35-30-9-5-6-14-34-30/h3-14,21-22,36H,15-20H2,1-2H3,(H,34,35,39). The van der Waals surface area contributed by atoms with Crippen LogP contribution in [-0.4, -0.2) is 83.2 Å². The number of nitrogens with one attached hydrogen (secondary N) is 2. The highest BCUT2D eigenvalue weighted by Crippen LogP contribution is 2.43. The monoisotopic (exact) mass is 694 g/mol. The van der Waals surface area contributed by atoms with Crippen molar-refractivity contribution in [3.8, 4) is 23.0 Å². The van der Waals surface area contributed by atoms with Gasteiger partial charge in [0.2, 0.25) is 0 Å². The van der Waals surface area contributed by atoms with E-state index in [2.05, 4.69) is 15.0 Å². The number of thioether (sulfide) groups is 1. The maximum absolute atomic E-state index is 13.7. The van der Waals surface area contributed by atoms with Gasteiger partial charge >= 0.3 is 6.09 Å².